The molecule has 1 atom stereocenters. The van der Waals surface area contributed by atoms with Crippen LogP contribution in [-0.4, -0.2) is 0 Å². The van der Waals surface area contributed by atoms with Crippen molar-refractivity contribution in [3.05, 3.63) is 6.92 Å². The van der Waals surface area contributed by atoms with E-state index in [4.69, 9.17) is 0 Å². The van der Waals surface area contributed by atoms with E-state index >= 15 is 0 Å². The first kappa shape index (κ1) is 11.0. The predicted octanol–water partition coefficient (Wildman–Crippen LogP) is 4.06. The van der Waals surface area contributed by atoms with Crippen molar-refractivity contribution < 1.29 is 0 Å². The first-order chi connectivity index (χ1) is 4.99. The summed E-state index contributed by atoms with van der Waals surface area (Å²) in [4.78, 5) is 0. The van der Waals surface area contributed by atoms with E-state index in [0.717, 1.165) is 5.92 Å². The van der Waals surface area contributed by atoms with Crippen molar-refractivity contribution in [2.45, 2.75) is 53.4 Å². The van der Waals surface area contributed by atoms with Gasteiger partial charge in [-0.25, -0.2) is 0 Å². The van der Waals surface area contributed by atoms with Crippen LogP contribution in [0.1, 0.15) is 53.4 Å². The normalized spacial score (nSPS) is 15.0. The van der Waals surface area contributed by atoms with Crippen molar-refractivity contribution in [2.75, 3.05) is 0 Å². The van der Waals surface area contributed by atoms with E-state index in [1.165, 1.54) is 25.7 Å². The highest BCUT2D eigenvalue weighted by atomic mass is 14.2. The van der Waals surface area contributed by atoms with Crippen LogP contribution in [0.25, 0.3) is 0 Å². The second-order valence-electron chi connectivity index (χ2n) is 4.43. The van der Waals surface area contributed by atoms with Crippen LogP contribution >= 0.6 is 0 Å². The van der Waals surface area contributed by atoms with E-state index < -0.39 is 0 Å². The average Bonchev–Trinajstić information content (AvgIpc) is 1.84. The van der Waals surface area contributed by atoms with Gasteiger partial charge in [0.1, 0.15) is 0 Å². The Morgan fingerprint density at radius 1 is 1.27 bits per heavy atom. The Balaban J connectivity index is 3.68. The Kier molecular flexibility index (Phi) is 4.79. The highest BCUT2D eigenvalue weighted by Gasteiger charge is 2.16. The first-order valence-electron chi connectivity index (χ1n) is 4.85. The number of hydrogen-bond acceptors (Lipinski definition) is 0. The van der Waals surface area contributed by atoms with E-state index in [2.05, 4.69) is 34.6 Å². The molecule has 11 heavy (non-hydrogen) atoms. The Bertz CT molecular complexity index is 86.7. The minimum atomic E-state index is 0.274. The lowest BCUT2D eigenvalue weighted by molar-refractivity contribution is 0.305. The largest absolute Gasteiger partial charge is 0.0654 e. The highest BCUT2D eigenvalue weighted by Crippen LogP contribution is 2.28. The van der Waals surface area contributed by atoms with Gasteiger partial charge in [-0.3, -0.25) is 0 Å². The monoisotopic (exact) mass is 155 g/mol. The molecule has 0 aliphatic rings. The molecule has 0 heterocycles. The van der Waals surface area contributed by atoms with Gasteiger partial charge in [-0.2, -0.15) is 0 Å². The summed E-state index contributed by atoms with van der Waals surface area (Å²) in [5.74, 6) is 0.896. The van der Waals surface area contributed by atoms with Gasteiger partial charge in [0.2, 0.25) is 0 Å². The van der Waals surface area contributed by atoms with Gasteiger partial charge in [0.25, 0.3) is 0 Å². The Morgan fingerprint density at radius 2 is 1.82 bits per heavy atom. The molecule has 0 amide bonds. The molecule has 0 fully saturated rings. The second kappa shape index (κ2) is 4.79. The average molecular weight is 155 g/mol. The lowest BCUT2D eigenvalue weighted by Crippen LogP contribution is -2.12. The molecule has 0 aliphatic carbocycles. The first-order valence-corrected chi connectivity index (χ1v) is 4.85. The summed E-state index contributed by atoms with van der Waals surface area (Å²) in [7, 11) is 0. The SMILES string of the molecule is [CH2]C(C)(C)CC(CC)CCC. The van der Waals surface area contributed by atoms with Crippen molar-refractivity contribution in [3.8, 4) is 0 Å². The fourth-order valence-electron chi connectivity index (χ4n) is 1.64. The molecule has 0 spiro atoms. The van der Waals surface area contributed by atoms with Crippen molar-refractivity contribution in [1.82, 2.24) is 0 Å². The molecule has 0 nitrogen and oxygen atoms in total. The minimum absolute atomic E-state index is 0.274. The minimum Gasteiger partial charge on any atom is -0.0654 e. The summed E-state index contributed by atoms with van der Waals surface area (Å²) in [5.41, 5.74) is 0.274. The molecule has 0 aromatic carbocycles. The van der Waals surface area contributed by atoms with Crippen LogP contribution in [0, 0.1) is 18.3 Å². The number of rotatable bonds is 5. The van der Waals surface area contributed by atoms with Crippen LogP contribution < -0.4 is 0 Å². The van der Waals surface area contributed by atoms with Crippen molar-refractivity contribution in [3.63, 3.8) is 0 Å². The van der Waals surface area contributed by atoms with Gasteiger partial charge in [0.15, 0.2) is 0 Å². The molecular formula is C11H23. The van der Waals surface area contributed by atoms with Crippen molar-refractivity contribution >= 4 is 0 Å². The lowest BCUT2D eigenvalue weighted by Gasteiger charge is -2.24. The van der Waals surface area contributed by atoms with Gasteiger partial charge < -0.3 is 0 Å². The fraction of sp³-hybridized carbons (Fsp3) is 0.909. The molecule has 0 bridgehead atoms. The maximum Gasteiger partial charge on any atom is -0.0351 e. The molecule has 1 unspecified atom stereocenters. The molecule has 0 saturated carbocycles. The zero-order chi connectivity index (χ0) is 8.91. The van der Waals surface area contributed by atoms with Gasteiger partial charge >= 0.3 is 0 Å². The van der Waals surface area contributed by atoms with Gasteiger partial charge in [0, 0.05) is 0 Å². The Hall–Kier alpha value is 0. The zero-order valence-electron chi connectivity index (χ0n) is 8.61. The van der Waals surface area contributed by atoms with Crippen molar-refractivity contribution in [1.29, 1.82) is 0 Å². The van der Waals surface area contributed by atoms with Crippen LogP contribution in [0.2, 0.25) is 0 Å². The Labute approximate surface area is 72.4 Å². The summed E-state index contributed by atoms with van der Waals surface area (Å²) in [5, 5.41) is 0. The third kappa shape index (κ3) is 6.40. The molecular weight excluding hydrogens is 132 g/mol. The summed E-state index contributed by atoms with van der Waals surface area (Å²) in [6.07, 6.45) is 5.27. The van der Waals surface area contributed by atoms with Gasteiger partial charge in [-0.05, 0) is 24.7 Å². The van der Waals surface area contributed by atoms with E-state index in [1.807, 2.05) is 0 Å². The molecule has 67 valence electrons. The smallest absolute Gasteiger partial charge is 0.0351 e. The van der Waals surface area contributed by atoms with Crippen LogP contribution in [0.4, 0.5) is 0 Å². The second-order valence-corrected chi connectivity index (χ2v) is 4.43. The molecule has 0 aliphatic heterocycles. The predicted molar refractivity (Wildman–Crippen MR) is 52.4 cm³/mol. The van der Waals surface area contributed by atoms with Gasteiger partial charge in [-0.15, -0.1) is 0 Å². The van der Waals surface area contributed by atoms with Crippen LogP contribution in [0.15, 0.2) is 0 Å². The Morgan fingerprint density at radius 3 is 2.09 bits per heavy atom. The van der Waals surface area contributed by atoms with E-state index in [-0.39, 0.29) is 5.41 Å². The van der Waals surface area contributed by atoms with E-state index in [9.17, 15) is 0 Å². The lowest BCUT2D eigenvalue weighted by atomic mass is 9.82. The maximum atomic E-state index is 4.14. The highest BCUT2D eigenvalue weighted by molar-refractivity contribution is 4.74. The quantitative estimate of drug-likeness (QED) is 0.561. The fourth-order valence-corrected chi connectivity index (χ4v) is 1.64. The summed E-state index contributed by atoms with van der Waals surface area (Å²) in [6, 6.07) is 0. The van der Waals surface area contributed by atoms with Crippen LogP contribution in [0.5, 0.6) is 0 Å². The number of hydrogen-bond donors (Lipinski definition) is 0. The molecule has 0 N–H and O–H groups in total. The third-order valence-electron chi connectivity index (χ3n) is 2.12. The maximum absolute atomic E-state index is 4.14. The van der Waals surface area contributed by atoms with Crippen molar-refractivity contribution in [2.24, 2.45) is 11.3 Å². The van der Waals surface area contributed by atoms with E-state index in [1.54, 1.807) is 0 Å². The van der Waals surface area contributed by atoms with Crippen LogP contribution in [0.3, 0.4) is 0 Å². The third-order valence-corrected chi connectivity index (χ3v) is 2.12. The topological polar surface area (TPSA) is 0 Å². The van der Waals surface area contributed by atoms with Gasteiger partial charge in [-0.1, -0.05) is 47.0 Å². The summed E-state index contributed by atoms with van der Waals surface area (Å²) < 4.78 is 0. The van der Waals surface area contributed by atoms with Crippen LogP contribution in [-0.2, 0) is 0 Å². The molecule has 0 aromatic heterocycles. The van der Waals surface area contributed by atoms with Gasteiger partial charge in [0.05, 0.1) is 0 Å². The molecule has 0 aromatic rings. The standard InChI is InChI=1S/C11H23/c1-6-8-10(7-2)9-11(3,4)5/h10H,3,6-9H2,1-2,4-5H3. The molecule has 1 radical (unpaired) electrons. The zero-order valence-corrected chi connectivity index (χ0v) is 8.61. The summed E-state index contributed by atoms with van der Waals surface area (Å²) >= 11 is 0. The van der Waals surface area contributed by atoms with E-state index in [0.29, 0.717) is 0 Å². The molecule has 0 rings (SSSR count). The molecule has 0 heteroatoms. The molecule has 0 saturated heterocycles. The summed E-state index contributed by atoms with van der Waals surface area (Å²) in [6.45, 7) is 13.1.